The van der Waals surface area contributed by atoms with Gasteiger partial charge in [-0.05, 0) is 105 Å². The predicted octanol–water partition coefficient (Wildman–Crippen LogP) is 5.49. The van der Waals surface area contributed by atoms with Crippen molar-refractivity contribution in [3.05, 3.63) is 101 Å². The van der Waals surface area contributed by atoms with Crippen molar-refractivity contribution in [3.63, 3.8) is 0 Å². The molecule has 4 aromatic rings. The molecule has 0 spiro atoms. The van der Waals surface area contributed by atoms with Gasteiger partial charge in [0, 0.05) is 25.3 Å². The molecular weight excluding hydrogens is 448 g/mol. The lowest BCUT2D eigenvalue weighted by Gasteiger charge is -2.21. The second-order valence-electron chi connectivity index (χ2n) is 10.6. The first-order chi connectivity index (χ1) is 16.2. The van der Waals surface area contributed by atoms with Crippen LogP contribution in [-0.4, -0.2) is 5.48 Å². The molecule has 35 heavy (non-hydrogen) atoms. The van der Waals surface area contributed by atoms with E-state index >= 15 is 0 Å². The lowest BCUT2D eigenvalue weighted by Crippen LogP contribution is -2.41. The van der Waals surface area contributed by atoms with E-state index in [0.29, 0.717) is 5.92 Å². The van der Waals surface area contributed by atoms with Gasteiger partial charge in [-0.1, -0.05) is 53.6 Å². The number of aryl methyl sites for hydroxylation is 6. The van der Waals surface area contributed by atoms with Gasteiger partial charge in [-0.25, -0.2) is 0 Å². The lowest BCUT2D eigenvalue weighted by molar-refractivity contribution is 0.824. The van der Waals surface area contributed by atoms with Gasteiger partial charge in [0.05, 0.1) is 0 Å². The Kier molecular flexibility index (Phi) is 5.43. The Hall–Kier alpha value is -3.01. The van der Waals surface area contributed by atoms with Crippen molar-refractivity contribution < 1.29 is 5.48 Å². The molecule has 3 heteroatoms. The number of hydrogen-bond acceptors (Lipinski definition) is 2. The van der Waals surface area contributed by atoms with E-state index in [0.717, 1.165) is 31.8 Å². The van der Waals surface area contributed by atoms with Crippen LogP contribution in [0.25, 0.3) is 33.4 Å². The summed E-state index contributed by atoms with van der Waals surface area (Å²) in [5.74, 6) is 0.491. The molecule has 2 atom stereocenters. The first-order valence-electron chi connectivity index (χ1n) is 12.2. The molecule has 6 rings (SSSR count). The second kappa shape index (κ2) is 8.01. The fourth-order valence-corrected chi connectivity index (χ4v) is 7.80. The standard InChI is InChI=1S/C32H30OS.H2O/c1-17-9-19(3)29(20(4)10-17)23-7-8-27-25(13-23)31(33)26-16-32(15-24(32)14-28(26)34-27)30-21(5)11-18(2)12-22(30)6;/h7-14,16,24H,15H2,1-6H3;1H2. The van der Waals surface area contributed by atoms with Crippen molar-refractivity contribution in [1.29, 1.82) is 0 Å². The zero-order valence-corrected chi connectivity index (χ0v) is 22.1. The molecule has 1 saturated carbocycles. The largest absolute Gasteiger partial charge is 0.412 e. The lowest BCUT2D eigenvalue weighted by atomic mass is 9.83. The monoisotopic (exact) mass is 480 g/mol. The van der Waals surface area contributed by atoms with Crippen molar-refractivity contribution in [2.24, 2.45) is 5.92 Å². The van der Waals surface area contributed by atoms with E-state index < -0.39 is 0 Å². The minimum atomic E-state index is -0.0177. The molecule has 2 aliphatic carbocycles. The minimum absolute atomic E-state index is 0. The quantitative estimate of drug-likeness (QED) is 0.374. The molecule has 2 unspecified atom stereocenters. The van der Waals surface area contributed by atoms with Crippen LogP contribution in [0.1, 0.15) is 45.4 Å². The normalized spacial score (nSPS) is 19.8. The van der Waals surface area contributed by atoms with E-state index in [9.17, 15) is 4.79 Å². The van der Waals surface area contributed by atoms with Crippen LogP contribution in [0.2, 0.25) is 0 Å². The smallest absolute Gasteiger partial charge is 0.195 e. The average Bonchev–Trinajstić information content (AvgIpc) is 3.45. The van der Waals surface area contributed by atoms with Crippen LogP contribution in [0.5, 0.6) is 0 Å². The Labute approximate surface area is 210 Å². The van der Waals surface area contributed by atoms with Crippen LogP contribution in [0, 0.1) is 47.5 Å². The van der Waals surface area contributed by atoms with Crippen molar-refractivity contribution in [2.45, 2.75) is 53.4 Å². The molecule has 0 bridgehead atoms. The summed E-state index contributed by atoms with van der Waals surface area (Å²) in [5, 5.41) is 1.75. The van der Waals surface area contributed by atoms with Crippen LogP contribution >= 0.6 is 11.3 Å². The van der Waals surface area contributed by atoms with Crippen LogP contribution in [0.3, 0.4) is 0 Å². The minimum Gasteiger partial charge on any atom is -0.412 e. The summed E-state index contributed by atoms with van der Waals surface area (Å²) in [6.45, 7) is 13.1. The first-order valence-corrected chi connectivity index (χ1v) is 13.0. The summed E-state index contributed by atoms with van der Waals surface area (Å²) in [5.41, 5.74) is 11.8. The van der Waals surface area contributed by atoms with E-state index in [1.807, 2.05) is 0 Å². The molecule has 2 N–H and O–H groups in total. The van der Waals surface area contributed by atoms with Crippen LogP contribution in [0.4, 0.5) is 0 Å². The second-order valence-corrected chi connectivity index (χ2v) is 11.7. The highest BCUT2D eigenvalue weighted by Gasteiger charge is 2.54. The highest BCUT2D eigenvalue weighted by molar-refractivity contribution is 7.16. The van der Waals surface area contributed by atoms with E-state index in [4.69, 9.17) is 0 Å². The number of fused-ring (bicyclic) bond motifs is 3. The Morgan fingerprint density at radius 2 is 1.43 bits per heavy atom. The molecule has 0 saturated heterocycles. The molecular formula is C32H32O2S. The highest BCUT2D eigenvalue weighted by Crippen LogP contribution is 2.59. The highest BCUT2D eigenvalue weighted by atomic mass is 32.1. The molecule has 1 heterocycles. The van der Waals surface area contributed by atoms with Gasteiger partial charge in [0.15, 0.2) is 5.43 Å². The Balaban J connectivity index is 0.00000253. The van der Waals surface area contributed by atoms with Crippen LogP contribution in [0.15, 0.2) is 47.3 Å². The summed E-state index contributed by atoms with van der Waals surface area (Å²) in [6.07, 6.45) is 5.80. The number of hydrogen-bond donors (Lipinski definition) is 0. The molecule has 1 fully saturated rings. The van der Waals surface area contributed by atoms with Crippen molar-refractivity contribution in [1.82, 2.24) is 0 Å². The van der Waals surface area contributed by atoms with E-state index in [-0.39, 0.29) is 16.3 Å². The van der Waals surface area contributed by atoms with Crippen LogP contribution in [-0.2, 0) is 5.41 Å². The maximum absolute atomic E-state index is 13.9. The van der Waals surface area contributed by atoms with Gasteiger partial charge in [0.25, 0.3) is 0 Å². The maximum Gasteiger partial charge on any atom is 0.195 e. The van der Waals surface area contributed by atoms with Gasteiger partial charge in [-0.3, -0.25) is 4.79 Å². The van der Waals surface area contributed by atoms with E-state index in [2.05, 4.69) is 96.2 Å². The van der Waals surface area contributed by atoms with E-state index in [1.54, 1.807) is 11.3 Å². The molecule has 1 aromatic heterocycles. The van der Waals surface area contributed by atoms with Gasteiger partial charge in [0.1, 0.15) is 0 Å². The molecule has 0 amide bonds. The fourth-order valence-electron chi connectivity index (χ4n) is 6.67. The van der Waals surface area contributed by atoms with E-state index in [1.165, 1.54) is 44.5 Å². The predicted molar refractivity (Wildman–Crippen MR) is 150 cm³/mol. The third-order valence-corrected chi connectivity index (χ3v) is 9.03. The molecule has 3 aromatic carbocycles. The van der Waals surface area contributed by atoms with Gasteiger partial charge < -0.3 is 5.48 Å². The zero-order valence-electron chi connectivity index (χ0n) is 21.3. The fraction of sp³-hybridized carbons (Fsp3) is 0.281. The summed E-state index contributed by atoms with van der Waals surface area (Å²) < 4.78 is 2.23. The number of benzene rings is 3. The Morgan fingerprint density at radius 3 is 2.06 bits per heavy atom. The van der Waals surface area contributed by atoms with Crippen molar-refractivity contribution >= 4 is 33.6 Å². The third-order valence-electron chi connectivity index (χ3n) is 7.88. The summed E-state index contributed by atoms with van der Waals surface area (Å²) >= 11 is 1.77. The Bertz CT molecular complexity index is 1680. The summed E-state index contributed by atoms with van der Waals surface area (Å²) in [6, 6.07) is 15.5. The van der Waals surface area contributed by atoms with Gasteiger partial charge in [0.2, 0.25) is 0 Å². The molecule has 178 valence electrons. The zero-order chi connectivity index (χ0) is 23.9. The van der Waals surface area contributed by atoms with Crippen molar-refractivity contribution in [2.75, 3.05) is 0 Å². The third kappa shape index (κ3) is 3.52. The molecule has 0 radical (unpaired) electrons. The van der Waals surface area contributed by atoms with Gasteiger partial charge in [-0.2, -0.15) is 0 Å². The summed E-state index contributed by atoms with van der Waals surface area (Å²) in [7, 11) is 0. The molecule has 2 nitrogen and oxygen atoms in total. The SMILES string of the molecule is Cc1cc(C)c(-c2ccc3sc4c(c(=O)c3c2)=CC2(c3c(C)cc(C)cc3C)CC2C=4)c(C)c1.O. The van der Waals surface area contributed by atoms with Crippen molar-refractivity contribution in [3.8, 4) is 11.1 Å². The molecule has 2 aliphatic rings. The topological polar surface area (TPSA) is 48.6 Å². The molecule has 0 aliphatic heterocycles. The number of rotatable bonds is 2. The summed E-state index contributed by atoms with van der Waals surface area (Å²) in [4.78, 5) is 13.9. The van der Waals surface area contributed by atoms with Gasteiger partial charge >= 0.3 is 0 Å². The van der Waals surface area contributed by atoms with Gasteiger partial charge in [-0.15, -0.1) is 11.3 Å². The Morgan fingerprint density at radius 1 is 0.829 bits per heavy atom. The van der Waals surface area contributed by atoms with Crippen LogP contribution < -0.4 is 15.2 Å². The average molecular weight is 481 g/mol. The first kappa shape index (κ1) is 23.7. The maximum atomic E-state index is 13.9.